The number of carbonyl (C=O) groups is 1. The summed E-state index contributed by atoms with van der Waals surface area (Å²) in [6.45, 7) is 7.77. The van der Waals surface area contributed by atoms with Crippen LogP contribution in [0.25, 0.3) is 5.65 Å². The Hall–Kier alpha value is -2.21. The minimum absolute atomic E-state index is 0.183. The van der Waals surface area contributed by atoms with E-state index < -0.39 is 0 Å². The molecule has 3 rings (SSSR count). The van der Waals surface area contributed by atoms with Crippen molar-refractivity contribution >= 4 is 28.0 Å². The van der Waals surface area contributed by atoms with E-state index in [4.69, 9.17) is 0 Å². The van der Waals surface area contributed by atoms with Crippen LogP contribution in [-0.2, 0) is 0 Å². The zero-order chi connectivity index (χ0) is 15.1. The first kappa shape index (κ1) is 13.8. The number of carbonyl (C=O) groups excluding carboxylic acids is 1. The van der Waals surface area contributed by atoms with Gasteiger partial charge in [-0.25, -0.2) is 9.97 Å². The molecule has 5 nitrogen and oxygen atoms in total. The van der Waals surface area contributed by atoms with E-state index in [0.717, 1.165) is 21.8 Å². The van der Waals surface area contributed by atoms with Gasteiger partial charge in [0.2, 0.25) is 0 Å². The van der Waals surface area contributed by atoms with Crippen molar-refractivity contribution in [1.29, 1.82) is 0 Å². The van der Waals surface area contributed by atoms with Gasteiger partial charge in [0.25, 0.3) is 5.91 Å². The maximum Gasteiger partial charge on any atom is 0.276 e. The van der Waals surface area contributed by atoms with Gasteiger partial charge in [-0.2, -0.15) is 0 Å². The van der Waals surface area contributed by atoms with Crippen LogP contribution in [0, 0.1) is 27.7 Å². The minimum Gasteiger partial charge on any atom is -0.296 e. The average molecular weight is 300 g/mol. The number of hydrogen-bond acceptors (Lipinski definition) is 4. The molecule has 0 saturated heterocycles. The standard InChI is InChI=1S/C15H16N4OS/c1-8-5-6-19-12(7-8)16-10(3)13(19)14(20)18-15-17-9(2)11(4)21-15/h5-7H,1-4H3,(H,17,18,20). The molecule has 1 amide bonds. The van der Waals surface area contributed by atoms with E-state index in [1.807, 2.05) is 50.4 Å². The molecule has 0 unspecified atom stereocenters. The molecule has 108 valence electrons. The topological polar surface area (TPSA) is 59.3 Å². The third-order valence-corrected chi connectivity index (χ3v) is 4.41. The number of anilines is 1. The summed E-state index contributed by atoms with van der Waals surface area (Å²) in [5.41, 5.74) is 4.11. The molecule has 0 aliphatic heterocycles. The summed E-state index contributed by atoms with van der Waals surface area (Å²) < 4.78 is 1.81. The molecule has 1 N–H and O–H groups in total. The lowest BCUT2D eigenvalue weighted by Gasteiger charge is -2.03. The number of hydrogen-bond donors (Lipinski definition) is 1. The molecule has 3 heterocycles. The summed E-state index contributed by atoms with van der Waals surface area (Å²) in [7, 11) is 0. The molecular formula is C15H16N4OS. The monoisotopic (exact) mass is 300 g/mol. The van der Waals surface area contributed by atoms with Crippen molar-refractivity contribution in [2.45, 2.75) is 27.7 Å². The highest BCUT2D eigenvalue weighted by molar-refractivity contribution is 7.15. The molecule has 0 aliphatic rings. The summed E-state index contributed by atoms with van der Waals surface area (Å²) in [5.74, 6) is -0.183. The largest absolute Gasteiger partial charge is 0.296 e. The number of nitrogens with zero attached hydrogens (tertiary/aromatic N) is 3. The van der Waals surface area contributed by atoms with Gasteiger partial charge in [-0.3, -0.25) is 14.5 Å². The van der Waals surface area contributed by atoms with Crippen molar-refractivity contribution in [3.63, 3.8) is 0 Å². The Bertz CT molecular complexity index is 827. The van der Waals surface area contributed by atoms with Crippen LogP contribution in [0.2, 0.25) is 0 Å². The lowest BCUT2D eigenvalue weighted by atomic mass is 10.3. The van der Waals surface area contributed by atoms with Crippen LogP contribution < -0.4 is 5.32 Å². The third kappa shape index (κ3) is 2.42. The van der Waals surface area contributed by atoms with Crippen molar-refractivity contribution in [3.05, 3.63) is 45.9 Å². The van der Waals surface area contributed by atoms with Gasteiger partial charge in [0, 0.05) is 11.1 Å². The van der Waals surface area contributed by atoms with E-state index in [1.54, 1.807) is 0 Å². The summed E-state index contributed by atoms with van der Waals surface area (Å²) >= 11 is 1.48. The molecule has 0 bridgehead atoms. The molecule has 3 aromatic heterocycles. The van der Waals surface area contributed by atoms with Gasteiger partial charge in [0.15, 0.2) is 5.13 Å². The van der Waals surface area contributed by atoms with Gasteiger partial charge >= 0.3 is 0 Å². The SMILES string of the molecule is Cc1ccn2c(C(=O)Nc3nc(C)c(C)s3)c(C)nc2c1. The number of aryl methyl sites for hydroxylation is 4. The lowest BCUT2D eigenvalue weighted by Crippen LogP contribution is -2.15. The van der Waals surface area contributed by atoms with Gasteiger partial charge < -0.3 is 0 Å². The van der Waals surface area contributed by atoms with Gasteiger partial charge in [-0.15, -0.1) is 11.3 Å². The lowest BCUT2D eigenvalue weighted by molar-refractivity contribution is 0.102. The molecule has 0 aliphatic carbocycles. The van der Waals surface area contributed by atoms with E-state index in [0.29, 0.717) is 16.5 Å². The number of pyridine rings is 1. The van der Waals surface area contributed by atoms with Crippen molar-refractivity contribution in [1.82, 2.24) is 14.4 Å². The molecule has 0 aromatic carbocycles. The Morgan fingerprint density at radius 3 is 2.62 bits per heavy atom. The average Bonchev–Trinajstić information content (AvgIpc) is 2.88. The van der Waals surface area contributed by atoms with Gasteiger partial charge in [0.05, 0.1) is 11.4 Å². The van der Waals surface area contributed by atoms with Crippen LogP contribution in [0.15, 0.2) is 18.3 Å². The molecule has 3 aromatic rings. The molecule has 0 radical (unpaired) electrons. The third-order valence-electron chi connectivity index (χ3n) is 3.42. The number of aromatic nitrogens is 3. The van der Waals surface area contributed by atoms with Crippen LogP contribution in [0.3, 0.4) is 0 Å². The van der Waals surface area contributed by atoms with Gasteiger partial charge in [0.1, 0.15) is 11.3 Å². The highest BCUT2D eigenvalue weighted by atomic mass is 32.1. The Balaban J connectivity index is 1.99. The Morgan fingerprint density at radius 2 is 1.95 bits per heavy atom. The molecule has 0 spiro atoms. The molecule has 0 fully saturated rings. The molecule has 0 saturated carbocycles. The van der Waals surface area contributed by atoms with E-state index in [-0.39, 0.29) is 5.91 Å². The highest BCUT2D eigenvalue weighted by Crippen LogP contribution is 2.22. The zero-order valence-electron chi connectivity index (χ0n) is 12.4. The number of nitrogens with one attached hydrogen (secondary N) is 1. The summed E-state index contributed by atoms with van der Waals surface area (Å²) in [5, 5.41) is 3.48. The van der Waals surface area contributed by atoms with E-state index >= 15 is 0 Å². The minimum atomic E-state index is -0.183. The fourth-order valence-corrected chi connectivity index (χ4v) is 3.03. The molecule has 6 heteroatoms. The van der Waals surface area contributed by atoms with Crippen LogP contribution in [0.1, 0.15) is 32.3 Å². The number of imidazole rings is 1. The number of amides is 1. The van der Waals surface area contributed by atoms with Crippen LogP contribution >= 0.6 is 11.3 Å². The van der Waals surface area contributed by atoms with E-state index in [2.05, 4.69) is 15.3 Å². The maximum absolute atomic E-state index is 12.5. The first-order chi connectivity index (χ1) is 9.95. The normalized spacial score (nSPS) is 11.0. The van der Waals surface area contributed by atoms with Crippen LogP contribution in [0.4, 0.5) is 5.13 Å². The maximum atomic E-state index is 12.5. The first-order valence-corrected chi connectivity index (χ1v) is 7.48. The quantitative estimate of drug-likeness (QED) is 0.790. The first-order valence-electron chi connectivity index (χ1n) is 6.66. The van der Waals surface area contributed by atoms with Gasteiger partial charge in [-0.05, 0) is 45.4 Å². The van der Waals surface area contributed by atoms with Crippen molar-refractivity contribution in [2.75, 3.05) is 5.32 Å². The second-order valence-corrected chi connectivity index (χ2v) is 6.30. The second-order valence-electron chi connectivity index (χ2n) is 5.09. The highest BCUT2D eigenvalue weighted by Gasteiger charge is 2.18. The predicted octanol–water partition coefficient (Wildman–Crippen LogP) is 3.28. The number of thiazole rings is 1. The Morgan fingerprint density at radius 1 is 1.19 bits per heavy atom. The molecular weight excluding hydrogens is 284 g/mol. The fourth-order valence-electron chi connectivity index (χ4n) is 2.22. The molecule has 0 atom stereocenters. The summed E-state index contributed by atoms with van der Waals surface area (Å²) in [4.78, 5) is 22.4. The summed E-state index contributed by atoms with van der Waals surface area (Å²) in [6.07, 6.45) is 1.87. The van der Waals surface area contributed by atoms with Crippen molar-refractivity contribution in [2.24, 2.45) is 0 Å². The fraction of sp³-hybridized carbons (Fsp3) is 0.267. The van der Waals surface area contributed by atoms with Crippen molar-refractivity contribution < 1.29 is 4.79 Å². The predicted molar refractivity (Wildman–Crippen MR) is 84.2 cm³/mol. The Kier molecular flexibility index (Phi) is 3.25. The number of rotatable bonds is 2. The van der Waals surface area contributed by atoms with Crippen LogP contribution in [-0.4, -0.2) is 20.3 Å². The van der Waals surface area contributed by atoms with Crippen LogP contribution in [0.5, 0.6) is 0 Å². The number of fused-ring (bicyclic) bond motifs is 1. The van der Waals surface area contributed by atoms with E-state index in [1.165, 1.54) is 11.3 Å². The van der Waals surface area contributed by atoms with E-state index in [9.17, 15) is 4.79 Å². The summed E-state index contributed by atoms with van der Waals surface area (Å²) in [6, 6.07) is 3.92. The van der Waals surface area contributed by atoms with Gasteiger partial charge in [-0.1, -0.05) is 0 Å². The zero-order valence-corrected chi connectivity index (χ0v) is 13.2. The van der Waals surface area contributed by atoms with Crippen molar-refractivity contribution in [3.8, 4) is 0 Å². The Labute approximate surface area is 126 Å². The smallest absolute Gasteiger partial charge is 0.276 e. The molecule has 21 heavy (non-hydrogen) atoms. The second kappa shape index (κ2) is 4.96.